The smallest absolute Gasteiger partial charge is 0.271 e. The van der Waals surface area contributed by atoms with Crippen LogP contribution in [0.25, 0.3) is 0 Å². The predicted octanol–water partition coefficient (Wildman–Crippen LogP) is 3.02. The van der Waals surface area contributed by atoms with Crippen LogP contribution in [0, 0.1) is 10.1 Å². The molecule has 0 atom stereocenters. The molecule has 0 spiro atoms. The first-order valence-electron chi connectivity index (χ1n) is 8.96. The van der Waals surface area contributed by atoms with Gasteiger partial charge in [-0.3, -0.25) is 10.1 Å². The fourth-order valence-corrected chi connectivity index (χ4v) is 4.70. The molecular formula is C19H23N3O5S. The van der Waals surface area contributed by atoms with Crippen molar-refractivity contribution in [3.8, 4) is 5.75 Å². The molecule has 1 saturated heterocycles. The van der Waals surface area contributed by atoms with Crippen LogP contribution < -0.4 is 9.64 Å². The molecule has 1 aliphatic heterocycles. The molecule has 0 N–H and O–H groups in total. The Morgan fingerprint density at radius 2 is 1.86 bits per heavy atom. The van der Waals surface area contributed by atoms with Gasteiger partial charge in [0.2, 0.25) is 10.0 Å². The van der Waals surface area contributed by atoms with Gasteiger partial charge in [-0.25, -0.2) is 8.42 Å². The van der Waals surface area contributed by atoms with E-state index in [0.717, 1.165) is 43.2 Å². The Balaban J connectivity index is 1.94. The average molecular weight is 405 g/mol. The van der Waals surface area contributed by atoms with Gasteiger partial charge in [0, 0.05) is 44.5 Å². The molecule has 1 heterocycles. The lowest BCUT2D eigenvalue weighted by Gasteiger charge is -2.24. The minimum atomic E-state index is -3.99. The minimum absolute atomic E-state index is 0.0743. The number of methoxy groups -OCH3 is 1. The first kappa shape index (κ1) is 20.1. The van der Waals surface area contributed by atoms with Crippen LogP contribution in [0.2, 0.25) is 0 Å². The van der Waals surface area contributed by atoms with Gasteiger partial charge < -0.3 is 9.64 Å². The number of nitro groups is 1. The Morgan fingerprint density at radius 3 is 2.50 bits per heavy atom. The maximum Gasteiger partial charge on any atom is 0.271 e. The highest BCUT2D eigenvalue weighted by Gasteiger charge is 2.28. The summed E-state index contributed by atoms with van der Waals surface area (Å²) in [5.74, 6) is 0.0743. The molecular weight excluding hydrogens is 382 g/mol. The van der Waals surface area contributed by atoms with Crippen molar-refractivity contribution in [2.75, 3.05) is 32.1 Å². The van der Waals surface area contributed by atoms with Crippen LogP contribution in [0.3, 0.4) is 0 Å². The fourth-order valence-electron chi connectivity index (χ4n) is 3.38. The van der Waals surface area contributed by atoms with Gasteiger partial charge >= 0.3 is 0 Å². The number of nitrogens with zero attached hydrogens (tertiary/aromatic N) is 3. The Labute approximate surface area is 164 Å². The number of hydrogen-bond donors (Lipinski definition) is 0. The summed E-state index contributed by atoms with van der Waals surface area (Å²) in [6.07, 6.45) is 2.24. The van der Waals surface area contributed by atoms with E-state index in [1.165, 1.54) is 30.6 Å². The molecule has 0 aromatic heterocycles. The first-order chi connectivity index (χ1) is 13.3. The van der Waals surface area contributed by atoms with Crippen molar-refractivity contribution in [1.29, 1.82) is 0 Å². The number of rotatable bonds is 7. The van der Waals surface area contributed by atoms with Crippen LogP contribution in [0.1, 0.15) is 18.4 Å². The van der Waals surface area contributed by atoms with Gasteiger partial charge in [0.25, 0.3) is 5.69 Å². The van der Waals surface area contributed by atoms with Crippen molar-refractivity contribution in [3.63, 3.8) is 0 Å². The third kappa shape index (κ3) is 3.95. The normalized spacial score (nSPS) is 14.5. The monoisotopic (exact) mass is 405 g/mol. The molecule has 0 bridgehead atoms. The Morgan fingerprint density at radius 1 is 1.18 bits per heavy atom. The van der Waals surface area contributed by atoms with Gasteiger partial charge in [0.05, 0.1) is 12.0 Å². The molecule has 0 unspecified atom stereocenters. The summed E-state index contributed by atoms with van der Waals surface area (Å²) >= 11 is 0. The molecule has 8 nitrogen and oxygen atoms in total. The second-order valence-electron chi connectivity index (χ2n) is 6.68. The van der Waals surface area contributed by atoms with Crippen LogP contribution in [0.5, 0.6) is 5.75 Å². The van der Waals surface area contributed by atoms with Crippen LogP contribution in [-0.4, -0.2) is 44.9 Å². The van der Waals surface area contributed by atoms with Crippen molar-refractivity contribution in [1.82, 2.24) is 4.31 Å². The molecule has 2 aromatic carbocycles. The molecule has 150 valence electrons. The Kier molecular flexibility index (Phi) is 5.85. The van der Waals surface area contributed by atoms with Crippen LogP contribution in [0.15, 0.2) is 47.4 Å². The average Bonchev–Trinajstić information content (AvgIpc) is 3.22. The highest BCUT2D eigenvalue weighted by molar-refractivity contribution is 7.89. The number of anilines is 1. The fraction of sp³-hybridized carbons (Fsp3) is 0.368. The number of non-ortho nitro benzene ring substituents is 1. The van der Waals surface area contributed by atoms with Gasteiger partial charge in [-0.1, -0.05) is 18.2 Å². The van der Waals surface area contributed by atoms with Crippen LogP contribution >= 0.6 is 0 Å². The number of ether oxygens (including phenoxy) is 1. The molecule has 1 fully saturated rings. The summed E-state index contributed by atoms with van der Waals surface area (Å²) in [6, 6.07) is 11.3. The highest BCUT2D eigenvalue weighted by Crippen LogP contribution is 2.32. The molecule has 1 aliphatic rings. The van der Waals surface area contributed by atoms with E-state index in [0.29, 0.717) is 0 Å². The summed E-state index contributed by atoms with van der Waals surface area (Å²) in [7, 11) is -1.19. The van der Waals surface area contributed by atoms with E-state index in [4.69, 9.17) is 4.74 Å². The lowest BCUT2D eigenvalue weighted by Crippen LogP contribution is -2.28. The number of para-hydroxylation sites is 1. The molecule has 3 rings (SSSR count). The third-order valence-electron chi connectivity index (χ3n) is 4.88. The summed E-state index contributed by atoms with van der Waals surface area (Å²) in [4.78, 5) is 12.5. The van der Waals surface area contributed by atoms with Crippen LogP contribution in [0.4, 0.5) is 11.4 Å². The lowest BCUT2D eigenvalue weighted by molar-refractivity contribution is -0.385. The second kappa shape index (κ2) is 8.15. The van der Waals surface area contributed by atoms with E-state index in [-0.39, 0.29) is 22.9 Å². The van der Waals surface area contributed by atoms with Crippen molar-refractivity contribution in [2.45, 2.75) is 24.3 Å². The Bertz CT molecular complexity index is 971. The van der Waals surface area contributed by atoms with E-state index in [2.05, 4.69) is 4.90 Å². The molecule has 0 amide bonds. The van der Waals surface area contributed by atoms with Crippen molar-refractivity contribution in [3.05, 3.63) is 58.1 Å². The van der Waals surface area contributed by atoms with E-state index in [9.17, 15) is 18.5 Å². The zero-order chi connectivity index (χ0) is 20.3. The van der Waals surface area contributed by atoms with Gasteiger partial charge in [-0.2, -0.15) is 4.31 Å². The zero-order valence-electron chi connectivity index (χ0n) is 15.9. The standard InChI is InChI=1S/C19H23N3O5S/c1-20(14-15-7-3-4-8-17(15)21-11-5-6-12-21)28(25,26)19-13-16(22(23)24)9-10-18(19)27-2/h3-4,7-10,13H,5-6,11-12,14H2,1-2H3. The Hall–Kier alpha value is -2.65. The van der Waals surface area contributed by atoms with Gasteiger partial charge in [-0.15, -0.1) is 0 Å². The summed E-state index contributed by atoms with van der Waals surface area (Å²) in [5, 5.41) is 11.1. The number of sulfonamides is 1. The zero-order valence-corrected chi connectivity index (χ0v) is 16.7. The first-order valence-corrected chi connectivity index (χ1v) is 10.4. The topological polar surface area (TPSA) is 93.0 Å². The maximum absolute atomic E-state index is 13.1. The van der Waals surface area contributed by atoms with Gasteiger partial charge in [0.1, 0.15) is 10.6 Å². The number of nitro benzene ring substituents is 1. The second-order valence-corrected chi connectivity index (χ2v) is 8.69. The van der Waals surface area contributed by atoms with E-state index in [1.54, 1.807) is 0 Å². The molecule has 0 saturated carbocycles. The van der Waals surface area contributed by atoms with E-state index < -0.39 is 14.9 Å². The molecule has 0 aliphatic carbocycles. The quantitative estimate of drug-likeness (QED) is 0.519. The molecule has 0 radical (unpaired) electrons. The molecule has 9 heteroatoms. The SMILES string of the molecule is COc1ccc([N+](=O)[O-])cc1S(=O)(=O)N(C)Cc1ccccc1N1CCCC1. The van der Waals surface area contributed by atoms with Crippen molar-refractivity contribution in [2.24, 2.45) is 0 Å². The van der Waals surface area contributed by atoms with Gasteiger partial charge in [-0.05, 0) is 30.5 Å². The largest absolute Gasteiger partial charge is 0.495 e. The van der Waals surface area contributed by atoms with Crippen molar-refractivity contribution < 1.29 is 18.1 Å². The third-order valence-corrected chi connectivity index (χ3v) is 6.70. The van der Waals surface area contributed by atoms with Crippen molar-refractivity contribution >= 4 is 21.4 Å². The summed E-state index contributed by atoms with van der Waals surface area (Å²) in [6.45, 7) is 2.05. The van der Waals surface area contributed by atoms with E-state index >= 15 is 0 Å². The highest BCUT2D eigenvalue weighted by atomic mass is 32.2. The summed E-state index contributed by atoms with van der Waals surface area (Å²) < 4.78 is 32.6. The maximum atomic E-state index is 13.1. The lowest BCUT2D eigenvalue weighted by atomic mass is 10.1. The molecule has 28 heavy (non-hydrogen) atoms. The van der Waals surface area contributed by atoms with E-state index in [1.807, 2.05) is 24.3 Å². The number of benzene rings is 2. The van der Waals surface area contributed by atoms with Crippen LogP contribution in [-0.2, 0) is 16.6 Å². The number of hydrogen-bond acceptors (Lipinski definition) is 6. The predicted molar refractivity (Wildman–Crippen MR) is 106 cm³/mol. The summed E-state index contributed by atoms with van der Waals surface area (Å²) in [5.41, 5.74) is 1.61. The molecule has 2 aromatic rings. The van der Waals surface area contributed by atoms with Gasteiger partial charge in [0.15, 0.2) is 0 Å². The minimum Gasteiger partial charge on any atom is -0.495 e.